The molecular formula is C23H24N4O5S. The Balaban J connectivity index is 1.37. The van der Waals surface area contributed by atoms with Crippen molar-refractivity contribution in [2.24, 2.45) is 0 Å². The summed E-state index contributed by atoms with van der Waals surface area (Å²) in [4.78, 5) is 18.5. The number of amides is 1. The quantitative estimate of drug-likeness (QED) is 0.567. The van der Waals surface area contributed by atoms with E-state index >= 15 is 0 Å². The van der Waals surface area contributed by atoms with Crippen LogP contribution < -0.4 is 14.4 Å². The molecule has 0 radical (unpaired) electrons. The van der Waals surface area contributed by atoms with Gasteiger partial charge in [0.2, 0.25) is 15.9 Å². The van der Waals surface area contributed by atoms with Crippen LogP contribution in [-0.4, -0.2) is 31.1 Å². The molecule has 33 heavy (non-hydrogen) atoms. The second-order valence-corrected chi connectivity index (χ2v) is 10.2. The fraction of sp³-hybridized carbons (Fsp3) is 0.348. The molecule has 0 atom stereocenters. The summed E-state index contributed by atoms with van der Waals surface area (Å²) in [6.07, 6.45) is 3.20. The third-order valence-electron chi connectivity index (χ3n) is 6.01. The van der Waals surface area contributed by atoms with E-state index in [1.165, 1.54) is 17.0 Å². The van der Waals surface area contributed by atoms with E-state index in [2.05, 4.69) is 14.9 Å². The molecule has 1 aliphatic carbocycles. The molecule has 10 heteroatoms. The number of carbonyl (C=O) groups is 1. The van der Waals surface area contributed by atoms with Gasteiger partial charge in [-0.25, -0.2) is 13.1 Å². The Bertz CT molecular complexity index is 1280. The first-order valence-corrected chi connectivity index (χ1v) is 12.3. The van der Waals surface area contributed by atoms with Gasteiger partial charge in [0.05, 0.1) is 17.1 Å². The molecule has 0 saturated heterocycles. The zero-order valence-electron chi connectivity index (χ0n) is 18.2. The summed E-state index contributed by atoms with van der Waals surface area (Å²) in [7, 11) is -3.81. The van der Waals surface area contributed by atoms with Gasteiger partial charge in [-0.2, -0.15) is 4.98 Å². The molecule has 0 spiro atoms. The van der Waals surface area contributed by atoms with Crippen molar-refractivity contribution in [2.75, 3.05) is 11.5 Å². The summed E-state index contributed by atoms with van der Waals surface area (Å²) >= 11 is 0. The summed E-state index contributed by atoms with van der Waals surface area (Å²) in [5.41, 5.74) is 2.31. The van der Waals surface area contributed by atoms with Crippen molar-refractivity contribution in [3.05, 3.63) is 65.3 Å². The highest BCUT2D eigenvalue weighted by Crippen LogP contribution is 2.37. The molecule has 2 aliphatic rings. The van der Waals surface area contributed by atoms with Crippen LogP contribution >= 0.6 is 0 Å². The maximum absolute atomic E-state index is 12.9. The third-order valence-corrected chi connectivity index (χ3v) is 7.41. The zero-order valence-corrected chi connectivity index (χ0v) is 19.0. The highest BCUT2D eigenvalue weighted by Gasteiger charge is 2.30. The lowest BCUT2D eigenvalue weighted by Gasteiger charge is -2.28. The van der Waals surface area contributed by atoms with Gasteiger partial charge in [-0.1, -0.05) is 41.4 Å². The minimum Gasteiger partial charge on any atom is -0.482 e. The number of carbonyl (C=O) groups excluding carboxylic acids is 1. The maximum Gasteiger partial charge on any atom is 0.265 e. The van der Waals surface area contributed by atoms with Crippen LogP contribution in [0.2, 0.25) is 0 Å². The minimum atomic E-state index is -3.81. The molecule has 2 aromatic carbocycles. The van der Waals surface area contributed by atoms with E-state index in [0.29, 0.717) is 23.2 Å². The Hall–Kier alpha value is -3.24. The molecule has 1 amide bonds. The van der Waals surface area contributed by atoms with Crippen LogP contribution in [0.4, 0.5) is 5.69 Å². The average Bonchev–Trinajstić information content (AvgIpc) is 3.21. The largest absolute Gasteiger partial charge is 0.482 e. The molecule has 172 valence electrons. The predicted octanol–water partition coefficient (Wildman–Crippen LogP) is 3.05. The minimum absolute atomic E-state index is 0.0416. The van der Waals surface area contributed by atoms with Crippen molar-refractivity contribution in [1.82, 2.24) is 14.9 Å². The molecular weight excluding hydrogens is 444 g/mol. The number of sulfonamides is 1. The van der Waals surface area contributed by atoms with E-state index in [1.807, 2.05) is 31.2 Å². The summed E-state index contributed by atoms with van der Waals surface area (Å²) in [6.45, 7) is 2.06. The first-order chi connectivity index (χ1) is 15.9. The van der Waals surface area contributed by atoms with Crippen LogP contribution in [0.15, 0.2) is 51.9 Å². The van der Waals surface area contributed by atoms with Crippen molar-refractivity contribution in [3.63, 3.8) is 0 Å². The van der Waals surface area contributed by atoms with Crippen molar-refractivity contribution in [1.29, 1.82) is 0 Å². The second-order valence-electron chi connectivity index (χ2n) is 8.38. The highest BCUT2D eigenvalue weighted by molar-refractivity contribution is 7.89. The van der Waals surface area contributed by atoms with E-state index in [1.54, 1.807) is 6.07 Å². The first-order valence-electron chi connectivity index (χ1n) is 10.8. The molecule has 1 saturated carbocycles. The monoisotopic (exact) mass is 468 g/mol. The lowest BCUT2D eigenvalue weighted by atomic mass is 9.85. The number of aromatic nitrogens is 2. The number of hydrogen-bond acceptors (Lipinski definition) is 7. The Kier molecular flexibility index (Phi) is 5.63. The highest BCUT2D eigenvalue weighted by atomic mass is 32.2. The van der Waals surface area contributed by atoms with E-state index < -0.39 is 10.0 Å². The lowest BCUT2D eigenvalue weighted by Crippen LogP contribution is -2.38. The maximum atomic E-state index is 12.9. The van der Waals surface area contributed by atoms with Crippen LogP contribution in [0.5, 0.6) is 5.75 Å². The Labute approximate surface area is 191 Å². The summed E-state index contributed by atoms with van der Waals surface area (Å²) in [6, 6.07) is 12.1. The SMILES string of the molecule is Cc1ccc(CNS(=O)(=O)c2ccc3c(c2)N(Cc2noc(C4CCC4)n2)C(=O)CO3)cc1. The van der Waals surface area contributed by atoms with Crippen molar-refractivity contribution >= 4 is 21.6 Å². The summed E-state index contributed by atoms with van der Waals surface area (Å²) in [5.74, 6) is 1.38. The molecule has 0 unspecified atom stereocenters. The molecule has 0 bridgehead atoms. The molecule has 1 aliphatic heterocycles. The summed E-state index contributed by atoms with van der Waals surface area (Å²) in [5, 5.41) is 4.01. The Morgan fingerprint density at radius 1 is 1.15 bits per heavy atom. The van der Waals surface area contributed by atoms with E-state index in [-0.39, 0.29) is 36.4 Å². The molecule has 5 rings (SSSR count). The molecule has 1 N–H and O–H groups in total. The van der Waals surface area contributed by atoms with Crippen molar-refractivity contribution in [2.45, 2.75) is 50.1 Å². The van der Waals surface area contributed by atoms with Gasteiger partial charge in [-0.05, 0) is 43.5 Å². The zero-order chi connectivity index (χ0) is 23.0. The molecule has 9 nitrogen and oxygen atoms in total. The van der Waals surface area contributed by atoms with Gasteiger partial charge in [0.15, 0.2) is 12.4 Å². The van der Waals surface area contributed by atoms with Gasteiger partial charge in [-0.15, -0.1) is 0 Å². The number of fused-ring (bicyclic) bond motifs is 1. The van der Waals surface area contributed by atoms with Crippen LogP contribution in [0.1, 0.15) is 48.0 Å². The normalized spacial score (nSPS) is 16.3. The van der Waals surface area contributed by atoms with Crippen LogP contribution in [0.3, 0.4) is 0 Å². The van der Waals surface area contributed by atoms with E-state index in [9.17, 15) is 13.2 Å². The average molecular weight is 469 g/mol. The second kappa shape index (κ2) is 8.60. The van der Waals surface area contributed by atoms with Gasteiger partial charge in [0.1, 0.15) is 5.75 Å². The van der Waals surface area contributed by atoms with Gasteiger partial charge < -0.3 is 9.26 Å². The standard InChI is InChI=1S/C23H24N4O5S/c1-15-5-7-16(8-6-15)12-24-33(29,30)18-9-10-20-19(11-18)27(22(28)14-31-20)13-21-25-23(32-26-21)17-3-2-4-17/h5-11,17,24H,2-4,12-14H2,1H3. The fourth-order valence-corrected chi connectivity index (χ4v) is 4.82. The first kappa shape index (κ1) is 21.6. The van der Waals surface area contributed by atoms with Gasteiger partial charge in [0, 0.05) is 12.5 Å². The predicted molar refractivity (Wildman–Crippen MR) is 119 cm³/mol. The van der Waals surface area contributed by atoms with Crippen LogP contribution in [0.25, 0.3) is 0 Å². The van der Waals surface area contributed by atoms with E-state index in [4.69, 9.17) is 9.26 Å². The number of benzene rings is 2. The molecule has 1 fully saturated rings. The van der Waals surface area contributed by atoms with Crippen molar-refractivity contribution < 1.29 is 22.5 Å². The third kappa shape index (κ3) is 4.49. The number of ether oxygens (including phenoxy) is 1. The van der Waals surface area contributed by atoms with Gasteiger partial charge in [0.25, 0.3) is 5.91 Å². The van der Waals surface area contributed by atoms with Crippen molar-refractivity contribution in [3.8, 4) is 5.75 Å². The topological polar surface area (TPSA) is 115 Å². The molecule has 1 aromatic heterocycles. The molecule has 2 heterocycles. The van der Waals surface area contributed by atoms with Crippen LogP contribution in [-0.2, 0) is 27.9 Å². The van der Waals surface area contributed by atoms with Gasteiger partial charge in [-0.3, -0.25) is 9.69 Å². The number of hydrogen-bond donors (Lipinski definition) is 1. The van der Waals surface area contributed by atoms with Gasteiger partial charge >= 0.3 is 0 Å². The lowest BCUT2D eigenvalue weighted by molar-refractivity contribution is -0.121. The number of anilines is 1. The molecule has 3 aromatic rings. The number of nitrogens with zero attached hydrogens (tertiary/aromatic N) is 3. The number of aryl methyl sites for hydroxylation is 1. The number of rotatable bonds is 7. The Morgan fingerprint density at radius 2 is 1.94 bits per heavy atom. The number of nitrogens with one attached hydrogen (secondary N) is 1. The fourth-order valence-electron chi connectivity index (χ4n) is 3.78. The van der Waals surface area contributed by atoms with E-state index in [0.717, 1.165) is 30.4 Å². The van der Waals surface area contributed by atoms with Crippen LogP contribution in [0, 0.1) is 6.92 Å². The smallest absolute Gasteiger partial charge is 0.265 e. The summed E-state index contributed by atoms with van der Waals surface area (Å²) < 4.78 is 39.3. The Morgan fingerprint density at radius 3 is 2.67 bits per heavy atom.